The molecule has 1 N–H and O–H groups in total. The zero-order chi connectivity index (χ0) is 9.90. The standard InChI is InChI=1S/C5H6F2N4O2/c6-5(7,2-10-11-8)3-1-9-4(12)13-3/h3H,1-2H2,(H,9,12). The highest BCUT2D eigenvalue weighted by Gasteiger charge is 2.45. The van der Waals surface area contributed by atoms with Gasteiger partial charge in [-0.2, -0.15) is 0 Å². The van der Waals surface area contributed by atoms with Crippen molar-refractivity contribution >= 4 is 6.09 Å². The highest BCUT2D eigenvalue weighted by atomic mass is 19.3. The first kappa shape index (κ1) is 9.53. The molecule has 0 aromatic heterocycles. The van der Waals surface area contributed by atoms with Crippen molar-refractivity contribution in [1.29, 1.82) is 0 Å². The van der Waals surface area contributed by atoms with E-state index < -0.39 is 24.7 Å². The van der Waals surface area contributed by atoms with E-state index in [1.165, 1.54) is 0 Å². The summed E-state index contributed by atoms with van der Waals surface area (Å²) in [4.78, 5) is 12.6. The van der Waals surface area contributed by atoms with Gasteiger partial charge < -0.3 is 10.1 Å². The topological polar surface area (TPSA) is 87.1 Å². The molecule has 0 radical (unpaired) electrons. The van der Waals surface area contributed by atoms with Crippen molar-refractivity contribution < 1.29 is 18.3 Å². The van der Waals surface area contributed by atoms with Crippen LogP contribution in [0, 0.1) is 0 Å². The van der Waals surface area contributed by atoms with E-state index in [-0.39, 0.29) is 6.54 Å². The van der Waals surface area contributed by atoms with Gasteiger partial charge in [0.2, 0.25) is 0 Å². The minimum atomic E-state index is -3.31. The van der Waals surface area contributed by atoms with Crippen molar-refractivity contribution in [3.05, 3.63) is 10.4 Å². The molecule has 1 rings (SSSR count). The molecule has 0 aromatic rings. The summed E-state index contributed by atoms with van der Waals surface area (Å²) in [6.07, 6.45) is -2.43. The van der Waals surface area contributed by atoms with Gasteiger partial charge in [0.05, 0.1) is 13.1 Å². The number of azide groups is 1. The lowest BCUT2D eigenvalue weighted by molar-refractivity contribution is -0.0844. The number of rotatable bonds is 3. The molecule has 1 fully saturated rings. The van der Waals surface area contributed by atoms with Crippen molar-refractivity contribution in [3.8, 4) is 0 Å². The van der Waals surface area contributed by atoms with E-state index in [0.717, 1.165) is 0 Å². The molecule has 1 aliphatic heterocycles. The third-order valence-corrected chi connectivity index (χ3v) is 1.50. The summed E-state index contributed by atoms with van der Waals surface area (Å²) in [6, 6.07) is 0. The van der Waals surface area contributed by atoms with Crippen molar-refractivity contribution in [1.82, 2.24) is 5.32 Å². The van der Waals surface area contributed by atoms with Crippen molar-refractivity contribution in [2.75, 3.05) is 13.1 Å². The van der Waals surface area contributed by atoms with E-state index in [2.05, 4.69) is 20.1 Å². The number of nitrogens with one attached hydrogen (secondary N) is 1. The molecule has 0 spiro atoms. The molecule has 8 heteroatoms. The van der Waals surface area contributed by atoms with Crippen LogP contribution in [-0.4, -0.2) is 31.2 Å². The molecule has 1 saturated heterocycles. The molecule has 0 aromatic carbocycles. The molecule has 1 unspecified atom stereocenters. The van der Waals surface area contributed by atoms with Crippen LogP contribution in [0.25, 0.3) is 10.4 Å². The van der Waals surface area contributed by atoms with E-state index in [1.54, 1.807) is 0 Å². The Morgan fingerprint density at radius 1 is 1.85 bits per heavy atom. The highest BCUT2D eigenvalue weighted by molar-refractivity contribution is 5.69. The zero-order valence-corrected chi connectivity index (χ0v) is 6.41. The summed E-state index contributed by atoms with van der Waals surface area (Å²) in [5.74, 6) is -3.31. The fourth-order valence-electron chi connectivity index (χ4n) is 0.852. The van der Waals surface area contributed by atoms with Crippen LogP contribution in [0.15, 0.2) is 5.11 Å². The second-order valence-corrected chi connectivity index (χ2v) is 2.42. The summed E-state index contributed by atoms with van der Waals surface area (Å²) in [7, 11) is 0. The van der Waals surface area contributed by atoms with Gasteiger partial charge in [0.1, 0.15) is 0 Å². The van der Waals surface area contributed by atoms with Crippen LogP contribution in [0.1, 0.15) is 0 Å². The summed E-state index contributed by atoms with van der Waals surface area (Å²) in [5, 5.41) is 4.80. The number of alkyl carbamates (subject to hydrolysis) is 1. The zero-order valence-electron chi connectivity index (χ0n) is 6.41. The lowest BCUT2D eigenvalue weighted by atomic mass is 10.2. The molecular weight excluding hydrogens is 186 g/mol. The van der Waals surface area contributed by atoms with Crippen LogP contribution in [-0.2, 0) is 4.74 Å². The summed E-state index contributed by atoms with van der Waals surface area (Å²) in [6.45, 7) is -1.28. The summed E-state index contributed by atoms with van der Waals surface area (Å²) >= 11 is 0. The number of carbonyl (C=O) groups excluding carboxylic acids is 1. The maximum atomic E-state index is 12.9. The predicted molar refractivity (Wildman–Crippen MR) is 37.2 cm³/mol. The van der Waals surface area contributed by atoms with Crippen LogP contribution in [0.4, 0.5) is 13.6 Å². The van der Waals surface area contributed by atoms with E-state index >= 15 is 0 Å². The number of alkyl halides is 2. The van der Waals surface area contributed by atoms with Gasteiger partial charge in [-0.05, 0) is 5.53 Å². The molecule has 72 valence electrons. The Morgan fingerprint density at radius 3 is 3.00 bits per heavy atom. The largest absolute Gasteiger partial charge is 0.438 e. The third-order valence-electron chi connectivity index (χ3n) is 1.50. The number of hydrogen-bond acceptors (Lipinski definition) is 3. The van der Waals surface area contributed by atoms with Gasteiger partial charge in [-0.25, -0.2) is 13.6 Å². The number of nitrogens with zero attached hydrogens (tertiary/aromatic N) is 3. The average molecular weight is 192 g/mol. The molecule has 0 saturated carbocycles. The Hall–Kier alpha value is -1.56. The molecule has 1 atom stereocenters. The fraction of sp³-hybridized carbons (Fsp3) is 0.800. The van der Waals surface area contributed by atoms with Crippen molar-refractivity contribution in [2.45, 2.75) is 12.0 Å². The Kier molecular flexibility index (Phi) is 2.52. The number of halogens is 2. The van der Waals surface area contributed by atoms with Crippen LogP contribution in [0.5, 0.6) is 0 Å². The highest BCUT2D eigenvalue weighted by Crippen LogP contribution is 2.24. The van der Waals surface area contributed by atoms with Crippen LogP contribution < -0.4 is 5.32 Å². The van der Waals surface area contributed by atoms with Crippen molar-refractivity contribution in [2.24, 2.45) is 5.11 Å². The molecule has 13 heavy (non-hydrogen) atoms. The fourth-order valence-corrected chi connectivity index (χ4v) is 0.852. The monoisotopic (exact) mass is 192 g/mol. The predicted octanol–water partition coefficient (Wildman–Crippen LogP) is 1.04. The molecule has 0 bridgehead atoms. The number of cyclic esters (lactones) is 1. The molecule has 6 nitrogen and oxygen atoms in total. The van der Waals surface area contributed by atoms with Crippen LogP contribution in [0.3, 0.4) is 0 Å². The lowest BCUT2D eigenvalue weighted by Crippen LogP contribution is -2.38. The first-order valence-corrected chi connectivity index (χ1v) is 3.39. The number of carbonyl (C=O) groups is 1. The van der Waals surface area contributed by atoms with E-state index in [0.29, 0.717) is 0 Å². The average Bonchev–Trinajstić information content (AvgIpc) is 2.49. The minimum absolute atomic E-state index is 0.271. The maximum Gasteiger partial charge on any atom is 0.407 e. The van der Waals surface area contributed by atoms with Gasteiger partial charge in [0, 0.05) is 4.91 Å². The van der Waals surface area contributed by atoms with Gasteiger partial charge >= 0.3 is 6.09 Å². The second kappa shape index (κ2) is 3.44. The van der Waals surface area contributed by atoms with E-state index in [9.17, 15) is 13.6 Å². The Morgan fingerprint density at radius 2 is 2.54 bits per heavy atom. The normalized spacial score (nSPS) is 21.7. The number of hydrogen-bond donors (Lipinski definition) is 1. The van der Waals surface area contributed by atoms with Crippen LogP contribution >= 0.6 is 0 Å². The Balaban J connectivity index is 2.58. The second-order valence-electron chi connectivity index (χ2n) is 2.42. The first-order chi connectivity index (χ1) is 6.06. The Bertz CT molecular complexity index is 263. The van der Waals surface area contributed by atoms with E-state index in [4.69, 9.17) is 5.53 Å². The molecular formula is C5H6F2N4O2. The lowest BCUT2D eigenvalue weighted by Gasteiger charge is -2.18. The summed E-state index contributed by atoms with van der Waals surface area (Å²) in [5.41, 5.74) is 7.83. The minimum Gasteiger partial charge on any atom is -0.438 e. The van der Waals surface area contributed by atoms with E-state index in [1.807, 2.05) is 0 Å². The Labute approximate surface area is 71.5 Å². The van der Waals surface area contributed by atoms with Gasteiger partial charge in [-0.1, -0.05) is 5.11 Å². The molecule has 1 aliphatic rings. The van der Waals surface area contributed by atoms with Gasteiger partial charge in [0.15, 0.2) is 6.10 Å². The number of ether oxygens (including phenoxy) is 1. The smallest absolute Gasteiger partial charge is 0.407 e. The molecule has 0 aliphatic carbocycles. The maximum absolute atomic E-state index is 12.9. The van der Waals surface area contributed by atoms with Crippen molar-refractivity contribution in [3.63, 3.8) is 0 Å². The third kappa shape index (κ3) is 2.19. The molecule has 1 amide bonds. The van der Waals surface area contributed by atoms with Gasteiger partial charge in [0.25, 0.3) is 5.92 Å². The quantitative estimate of drug-likeness (QED) is 0.411. The van der Waals surface area contributed by atoms with Crippen LogP contribution in [0.2, 0.25) is 0 Å². The number of amides is 1. The first-order valence-electron chi connectivity index (χ1n) is 3.39. The van der Waals surface area contributed by atoms with Gasteiger partial charge in [-0.15, -0.1) is 0 Å². The molecule has 1 heterocycles. The van der Waals surface area contributed by atoms with Gasteiger partial charge in [-0.3, -0.25) is 0 Å². The summed E-state index contributed by atoms with van der Waals surface area (Å²) < 4.78 is 30.1. The SMILES string of the molecule is [N-]=[N+]=NCC(F)(F)C1CNC(=O)O1.